The van der Waals surface area contributed by atoms with Gasteiger partial charge in [0.25, 0.3) is 0 Å². The molecule has 0 aliphatic rings. The topological polar surface area (TPSA) is 61.7 Å². The first-order chi connectivity index (χ1) is 6.29. The number of rotatable bonds is 1. The highest BCUT2D eigenvalue weighted by atomic mass is 79.9. The molecule has 0 aliphatic carbocycles. The summed E-state index contributed by atoms with van der Waals surface area (Å²) < 4.78 is 1.99. The Hall–Kier alpha value is -1.10. The van der Waals surface area contributed by atoms with Crippen molar-refractivity contribution >= 4 is 42.6 Å². The summed E-state index contributed by atoms with van der Waals surface area (Å²) in [6.45, 7) is 0. The first-order valence-corrected chi connectivity index (χ1v) is 5.02. The quantitative estimate of drug-likeness (QED) is 0.431. The lowest BCUT2D eigenvalue weighted by atomic mass is 10.3. The molecule has 13 heavy (non-hydrogen) atoms. The van der Waals surface area contributed by atoms with Crippen molar-refractivity contribution < 1.29 is 0 Å². The Balaban J connectivity index is 2.68. The van der Waals surface area contributed by atoms with Gasteiger partial charge in [-0.05, 0) is 28.8 Å². The van der Waals surface area contributed by atoms with Crippen LogP contribution in [0.2, 0.25) is 0 Å². The fourth-order valence-electron chi connectivity index (χ4n) is 0.969. The maximum Gasteiger partial charge on any atom is 0.181 e. The summed E-state index contributed by atoms with van der Waals surface area (Å²) in [5.74, 6) is 0. The van der Waals surface area contributed by atoms with Crippen LogP contribution in [0.4, 0.5) is 5.13 Å². The van der Waals surface area contributed by atoms with Gasteiger partial charge in [-0.15, -0.1) is 11.3 Å². The van der Waals surface area contributed by atoms with Crippen LogP contribution < -0.4 is 0 Å². The lowest BCUT2D eigenvalue weighted by molar-refractivity contribution is 1.38. The van der Waals surface area contributed by atoms with Crippen LogP contribution in [0, 0.1) is 0 Å². The van der Waals surface area contributed by atoms with E-state index in [9.17, 15) is 0 Å². The van der Waals surface area contributed by atoms with Crippen LogP contribution in [0.5, 0.6) is 0 Å². The first-order valence-electron chi connectivity index (χ1n) is 3.41. The molecular weight excluding hydrogens is 252 g/mol. The van der Waals surface area contributed by atoms with Gasteiger partial charge in [0.15, 0.2) is 5.13 Å². The molecule has 0 aliphatic heterocycles. The van der Waals surface area contributed by atoms with Crippen LogP contribution in [0.25, 0.3) is 20.7 Å². The fraction of sp³-hybridized carbons (Fsp3) is 0. The first kappa shape index (κ1) is 8.50. The minimum Gasteiger partial charge on any atom is -0.234 e. The lowest BCUT2D eigenvalue weighted by Crippen LogP contribution is -1.66. The molecule has 1 aromatic heterocycles. The molecule has 64 valence electrons. The minimum atomic E-state index is 0.454. The van der Waals surface area contributed by atoms with Gasteiger partial charge in [-0.25, -0.2) is 4.98 Å². The molecule has 0 N–H and O–H groups in total. The number of fused-ring (bicyclic) bond motifs is 1. The van der Waals surface area contributed by atoms with Crippen molar-refractivity contribution in [2.75, 3.05) is 0 Å². The number of hydrogen-bond donors (Lipinski definition) is 0. The largest absolute Gasteiger partial charge is 0.234 e. The molecule has 0 unspecified atom stereocenters. The van der Waals surface area contributed by atoms with Gasteiger partial charge in [0.1, 0.15) is 0 Å². The predicted molar refractivity (Wildman–Crippen MR) is 56.1 cm³/mol. The Kier molecular flexibility index (Phi) is 2.18. The summed E-state index contributed by atoms with van der Waals surface area (Å²) >= 11 is 4.72. The second-order valence-electron chi connectivity index (χ2n) is 2.30. The van der Waals surface area contributed by atoms with Crippen LogP contribution in [-0.2, 0) is 0 Å². The van der Waals surface area contributed by atoms with E-state index in [1.807, 2.05) is 18.2 Å². The van der Waals surface area contributed by atoms with Gasteiger partial charge in [0, 0.05) is 9.38 Å². The Morgan fingerprint density at radius 1 is 1.54 bits per heavy atom. The Labute approximate surface area is 86.0 Å². The molecule has 1 aromatic carbocycles. The molecular formula is C7H3BrN4S. The van der Waals surface area contributed by atoms with Crippen molar-refractivity contribution in [3.8, 4) is 0 Å². The van der Waals surface area contributed by atoms with Crippen molar-refractivity contribution in [3.63, 3.8) is 0 Å². The van der Waals surface area contributed by atoms with Gasteiger partial charge in [0.2, 0.25) is 0 Å². The number of nitrogens with zero attached hydrogens (tertiary/aromatic N) is 4. The Bertz CT molecular complexity index is 500. The molecule has 1 heterocycles. The maximum atomic E-state index is 8.22. The van der Waals surface area contributed by atoms with Crippen molar-refractivity contribution in [3.05, 3.63) is 33.1 Å². The number of aromatic nitrogens is 1. The average molecular weight is 255 g/mol. The third kappa shape index (κ3) is 1.65. The zero-order valence-corrected chi connectivity index (χ0v) is 8.71. The minimum absolute atomic E-state index is 0.454. The fourth-order valence-corrected chi connectivity index (χ4v) is 2.08. The molecule has 0 bridgehead atoms. The van der Waals surface area contributed by atoms with Crippen LogP contribution in [-0.4, -0.2) is 4.98 Å². The molecule has 2 rings (SSSR count). The van der Waals surface area contributed by atoms with E-state index in [4.69, 9.17) is 5.53 Å². The van der Waals surface area contributed by atoms with Crippen molar-refractivity contribution in [1.82, 2.24) is 4.98 Å². The van der Waals surface area contributed by atoms with E-state index in [-0.39, 0.29) is 0 Å². The zero-order valence-electron chi connectivity index (χ0n) is 6.31. The highest BCUT2D eigenvalue weighted by molar-refractivity contribution is 9.10. The summed E-state index contributed by atoms with van der Waals surface area (Å²) in [5, 5.41) is 3.90. The summed E-state index contributed by atoms with van der Waals surface area (Å²) in [5.41, 5.74) is 9.06. The van der Waals surface area contributed by atoms with Gasteiger partial charge in [-0.3, -0.25) is 0 Å². The van der Waals surface area contributed by atoms with Crippen LogP contribution >= 0.6 is 27.3 Å². The molecule has 2 aromatic rings. The molecule has 0 fully saturated rings. The lowest BCUT2D eigenvalue weighted by Gasteiger charge is -1.86. The number of halogens is 1. The van der Waals surface area contributed by atoms with Crippen molar-refractivity contribution in [1.29, 1.82) is 0 Å². The molecule has 0 saturated heterocycles. The number of thiazole rings is 1. The average Bonchev–Trinajstić information content (AvgIpc) is 2.46. The third-order valence-corrected chi connectivity index (χ3v) is 2.88. The SMILES string of the molecule is [N-]=[N+]=Nc1nc2cc(Br)ccc2s1. The molecule has 0 atom stereocenters. The van der Waals surface area contributed by atoms with Crippen molar-refractivity contribution in [2.24, 2.45) is 5.11 Å². The van der Waals surface area contributed by atoms with Crippen molar-refractivity contribution in [2.45, 2.75) is 0 Å². The van der Waals surface area contributed by atoms with E-state index in [2.05, 4.69) is 30.9 Å². The molecule has 0 radical (unpaired) electrons. The predicted octanol–water partition coefficient (Wildman–Crippen LogP) is 4.00. The van der Waals surface area contributed by atoms with E-state index in [1.54, 1.807) is 0 Å². The number of hydrogen-bond acceptors (Lipinski definition) is 3. The van der Waals surface area contributed by atoms with E-state index in [1.165, 1.54) is 11.3 Å². The van der Waals surface area contributed by atoms with E-state index < -0.39 is 0 Å². The van der Waals surface area contributed by atoms with Gasteiger partial charge >= 0.3 is 0 Å². The monoisotopic (exact) mass is 254 g/mol. The van der Waals surface area contributed by atoms with Gasteiger partial charge in [-0.1, -0.05) is 15.9 Å². The summed E-state index contributed by atoms with van der Waals surface area (Å²) in [4.78, 5) is 6.82. The Morgan fingerprint density at radius 3 is 3.15 bits per heavy atom. The normalized spacial score (nSPS) is 9.92. The van der Waals surface area contributed by atoms with Crippen LogP contribution in [0.1, 0.15) is 0 Å². The van der Waals surface area contributed by atoms with Gasteiger partial charge < -0.3 is 0 Å². The molecule has 0 amide bonds. The van der Waals surface area contributed by atoms with E-state index in [0.717, 1.165) is 14.7 Å². The van der Waals surface area contributed by atoms with Crippen LogP contribution in [0.15, 0.2) is 27.8 Å². The van der Waals surface area contributed by atoms with Gasteiger partial charge in [0.05, 0.1) is 10.2 Å². The van der Waals surface area contributed by atoms with E-state index >= 15 is 0 Å². The molecule has 4 nitrogen and oxygen atoms in total. The molecule has 6 heteroatoms. The summed E-state index contributed by atoms with van der Waals surface area (Å²) in [7, 11) is 0. The maximum absolute atomic E-state index is 8.22. The molecule has 0 saturated carbocycles. The summed E-state index contributed by atoms with van der Waals surface area (Å²) in [6, 6.07) is 5.76. The summed E-state index contributed by atoms with van der Waals surface area (Å²) in [6.07, 6.45) is 0. The highest BCUT2D eigenvalue weighted by Crippen LogP contribution is 2.29. The second kappa shape index (κ2) is 3.33. The third-order valence-electron chi connectivity index (χ3n) is 1.47. The highest BCUT2D eigenvalue weighted by Gasteiger charge is 2.01. The standard InChI is InChI=1S/C7H3BrN4S/c8-4-1-2-6-5(3-4)10-7(13-6)11-12-9/h1-3H. The second-order valence-corrected chi connectivity index (χ2v) is 4.22. The van der Waals surface area contributed by atoms with Crippen LogP contribution in [0.3, 0.4) is 0 Å². The van der Waals surface area contributed by atoms with E-state index in [0.29, 0.717) is 5.13 Å². The molecule has 0 spiro atoms. The Morgan fingerprint density at radius 2 is 2.38 bits per heavy atom. The number of azide groups is 1. The van der Waals surface area contributed by atoms with Gasteiger partial charge in [-0.2, -0.15) is 0 Å². The zero-order chi connectivity index (χ0) is 9.26. The number of benzene rings is 1. The smallest absolute Gasteiger partial charge is 0.181 e.